The molecule has 0 atom stereocenters. The van der Waals surface area contributed by atoms with Crippen LogP contribution in [-0.4, -0.2) is 9.97 Å². The van der Waals surface area contributed by atoms with Gasteiger partial charge in [0, 0.05) is 35.9 Å². The number of rotatable bonds is 2. The molecular weight excluding hydrogens is 467 g/mol. The summed E-state index contributed by atoms with van der Waals surface area (Å²) in [6, 6.07) is 21.5. The molecule has 0 spiro atoms. The second kappa shape index (κ2) is 7.64. The van der Waals surface area contributed by atoms with E-state index in [1.165, 1.54) is 0 Å². The van der Waals surface area contributed by atoms with Crippen molar-refractivity contribution in [1.29, 1.82) is 0 Å². The minimum absolute atomic E-state index is 0.570. The van der Waals surface area contributed by atoms with Gasteiger partial charge in [-0.2, -0.15) is 0 Å². The number of fused-ring (bicyclic) bond motifs is 4. The number of benzene rings is 3. The van der Waals surface area contributed by atoms with Crippen molar-refractivity contribution in [2.24, 2.45) is 0 Å². The van der Waals surface area contributed by atoms with Crippen molar-refractivity contribution in [1.82, 2.24) is 9.97 Å². The minimum Gasteiger partial charge on any atom is -0.456 e. The van der Waals surface area contributed by atoms with E-state index >= 15 is 4.57 Å². The SMILES string of the molecule is Cc1cncc(-c2ccc3c(c2)Oc2cccc4c2P3(=O)c2ccc(-c3cncc(C)c3)cc2O4)c1. The summed E-state index contributed by atoms with van der Waals surface area (Å²) in [5, 5.41) is 1.99. The molecule has 0 amide bonds. The van der Waals surface area contributed by atoms with Gasteiger partial charge in [-0.25, -0.2) is 0 Å². The molecule has 5 aromatic rings. The van der Waals surface area contributed by atoms with Gasteiger partial charge in [-0.3, -0.25) is 9.97 Å². The molecule has 0 bridgehead atoms. The van der Waals surface area contributed by atoms with Gasteiger partial charge in [0.15, 0.2) is 7.14 Å². The first-order chi connectivity index (χ1) is 17.5. The van der Waals surface area contributed by atoms with Crippen LogP contribution in [0.4, 0.5) is 0 Å². The lowest BCUT2D eigenvalue weighted by atomic mass is 10.1. The fourth-order valence-electron chi connectivity index (χ4n) is 5.08. The van der Waals surface area contributed by atoms with Gasteiger partial charge < -0.3 is 14.0 Å². The summed E-state index contributed by atoms with van der Waals surface area (Å²) in [5.41, 5.74) is 6.06. The van der Waals surface area contributed by atoms with Gasteiger partial charge in [0.25, 0.3) is 0 Å². The first-order valence-electron chi connectivity index (χ1n) is 11.7. The predicted octanol–water partition coefficient (Wildman–Crippen LogP) is 6.28. The molecule has 174 valence electrons. The fraction of sp³-hybridized carbons (Fsp3) is 0.0667. The first-order valence-corrected chi connectivity index (χ1v) is 13.4. The third-order valence-electron chi connectivity index (χ3n) is 6.73. The molecule has 36 heavy (non-hydrogen) atoms. The zero-order valence-electron chi connectivity index (χ0n) is 19.7. The highest BCUT2D eigenvalue weighted by Crippen LogP contribution is 2.58. The molecule has 0 radical (unpaired) electrons. The summed E-state index contributed by atoms with van der Waals surface area (Å²) < 4.78 is 27.8. The van der Waals surface area contributed by atoms with Gasteiger partial charge in [0.05, 0.1) is 10.6 Å². The molecule has 3 aromatic carbocycles. The molecule has 0 N–H and O–H groups in total. The lowest BCUT2D eigenvalue weighted by Gasteiger charge is -2.34. The Balaban J connectivity index is 1.43. The van der Waals surface area contributed by atoms with Crippen molar-refractivity contribution in [2.45, 2.75) is 13.8 Å². The molecule has 0 saturated carbocycles. The summed E-state index contributed by atoms with van der Waals surface area (Å²) in [5.74, 6) is 2.34. The largest absolute Gasteiger partial charge is 0.456 e. The van der Waals surface area contributed by atoms with Crippen LogP contribution in [-0.2, 0) is 4.57 Å². The van der Waals surface area contributed by atoms with Crippen LogP contribution >= 0.6 is 7.14 Å². The van der Waals surface area contributed by atoms with Crippen LogP contribution < -0.4 is 25.4 Å². The highest BCUT2D eigenvalue weighted by Gasteiger charge is 2.46. The Labute approximate surface area is 208 Å². The number of nitrogens with zero attached hydrogens (tertiary/aromatic N) is 2. The van der Waals surface area contributed by atoms with E-state index in [2.05, 4.69) is 22.1 Å². The molecule has 4 heterocycles. The summed E-state index contributed by atoms with van der Waals surface area (Å²) in [4.78, 5) is 8.65. The lowest BCUT2D eigenvalue weighted by Crippen LogP contribution is -2.35. The average Bonchev–Trinajstić information content (AvgIpc) is 2.88. The number of pyridine rings is 2. The number of aryl methyl sites for hydroxylation is 2. The van der Waals surface area contributed by atoms with Gasteiger partial charge >= 0.3 is 0 Å². The van der Waals surface area contributed by atoms with Crippen LogP contribution in [0.15, 0.2) is 91.5 Å². The monoisotopic (exact) mass is 488 g/mol. The Morgan fingerprint density at radius 1 is 0.583 bits per heavy atom. The predicted molar refractivity (Wildman–Crippen MR) is 142 cm³/mol. The van der Waals surface area contributed by atoms with Crippen molar-refractivity contribution in [3.63, 3.8) is 0 Å². The third kappa shape index (κ3) is 3.06. The topological polar surface area (TPSA) is 61.3 Å². The standard InChI is InChI=1S/C30H21N2O3P/c1-18-10-22(16-31-14-18)20-6-8-28-26(12-20)34-24-4-3-5-25-30(24)36(28,33)29-9-7-21(13-27(29)35-25)23-11-19(2)15-32-17-23/h3-17H,1-2H3. The van der Waals surface area contributed by atoms with Gasteiger partial charge in [0.2, 0.25) is 0 Å². The van der Waals surface area contributed by atoms with Crippen LogP contribution in [0, 0.1) is 13.8 Å². The van der Waals surface area contributed by atoms with Gasteiger partial charge in [-0.05, 0) is 84.6 Å². The molecular formula is C30H21N2O3P. The molecule has 2 aromatic heterocycles. The Kier molecular flexibility index (Phi) is 4.48. The van der Waals surface area contributed by atoms with Crippen LogP contribution in [0.5, 0.6) is 23.0 Å². The number of hydrogen-bond donors (Lipinski definition) is 0. The first kappa shape index (κ1) is 21.1. The molecule has 6 heteroatoms. The van der Waals surface area contributed by atoms with Gasteiger partial charge in [-0.15, -0.1) is 0 Å². The molecule has 2 aliphatic heterocycles. The zero-order valence-corrected chi connectivity index (χ0v) is 20.6. The molecule has 0 fully saturated rings. The number of ether oxygens (including phenoxy) is 2. The van der Waals surface area contributed by atoms with Crippen LogP contribution in [0.1, 0.15) is 11.1 Å². The van der Waals surface area contributed by atoms with E-state index < -0.39 is 7.14 Å². The summed E-state index contributed by atoms with van der Waals surface area (Å²) in [7, 11) is -3.24. The summed E-state index contributed by atoms with van der Waals surface area (Å²) in [6.45, 7) is 4.03. The van der Waals surface area contributed by atoms with E-state index in [1.54, 1.807) is 0 Å². The fourth-order valence-corrected chi connectivity index (χ4v) is 8.09. The lowest BCUT2D eigenvalue weighted by molar-refractivity contribution is 0.462. The van der Waals surface area contributed by atoms with E-state index in [0.29, 0.717) is 38.9 Å². The van der Waals surface area contributed by atoms with Crippen molar-refractivity contribution in [2.75, 3.05) is 0 Å². The van der Waals surface area contributed by atoms with Crippen molar-refractivity contribution in [3.8, 4) is 45.3 Å². The molecule has 2 aliphatic rings. The summed E-state index contributed by atoms with van der Waals surface area (Å²) in [6.07, 6.45) is 7.32. The highest BCUT2D eigenvalue weighted by atomic mass is 31.2. The average molecular weight is 488 g/mol. The van der Waals surface area contributed by atoms with E-state index in [9.17, 15) is 0 Å². The molecule has 5 nitrogen and oxygen atoms in total. The summed E-state index contributed by atoms with van der Waals surface area (Å²) >= 11 is 0. The Morgan fingerprint density at radius 3 is 1.56 bits per heavy atom. The van der Waals surface area contributed by atoms with Gasteiger partial charge in [0.1, 0.15) is 28.3 Å². The number of hydrogen-bond acceptors (Lipinski definition) is 5. The maximum Gasteiger partial charge on any atom is 0.185 e. The van der Waals surface area contributed by atoms with E-state index in [-0.39, 0.29) is 0 Å². The second-order valence-corrected chi connectivity index (χ2v) is 11.9. The van der Waals surface area contributed by atoms with E-state index in [1.807, 2.05) is 93.2 Å². The number of aromatic nitrogens is 2. The Bertz CT molecular complexity index is 1640. The smallest absolute Gasteiger partial charge is 0.185 e. The molecule has 7 rings (SSSR count). The molecule has 0 aliphatic carbocycles. The Hall–Kier alpha value is -4.21. The van der Waals surface area contributed by atoms with Crippen LogP contribution in [0.2, 0.25) is 0 Å². The normalized spacial score (nSPS) is 14.1. The Morgan fingerprint density at radius 2 is 1.08 bits per heavy atom. The van der Waals surface area contributed by atoms with E-state index in [4.69, 9.17) is 9.47 Å². The van der Waals surface area contributed by atoms with E-state index in [0.717, 1.165) is 33.4 Å². The molecule has 0 saturated heterocycles. The minimum atomic E-state index is -3.24. The maximum atomic E-state index is 15.2. The maximum absolute atomic E-state index is 15.2. The second-order valence-electron chi connectivity index (χ2n) is 9.28. The van der Waals surface area contributed by atoms with Crippen molar-refractivity contribution < 1.29 is 14.0 Å². The molecule has 0 unspecified atom stereocenters. The van der Waals surface area contributed by atoms with Crippen LogP contribution in [0.3, 0.4) is 0 Å². The zero-order chi connectivity index (χ0) is 24.4. The van der Waals surface area contributed by atoms with Gasteiger partial charge in [-0.1, -0.05) is 18.2 Å². The quantitative estimate of drug-likeness (QED) is 0.268. The third-order valence-corrected chi connectivity index (χ3v) is 9.90. The van der Waals surface area contributed by atoms with Crippen LogP contribution in [0.25, 0.3) is 22.3 Å². The van der Waals surface area contributed by atoms with Crippen molar-refractivity contribution in [3.05, 3.63) is 103 Å². The highest BCUT2D eigenvalue weighted by molar-refractivity contribution is 7.86. The van der Waals surface area contributed by atoms with Crippen molar-refractivity contribution >= 4 is 23.1 Å².